The molecule has 4 nitrogen and oxygen atoms in total. The van der Waals surface area contributed by atoms with Crippen LogP contribution < -0.4 is 0 Å². The Morgan fingerprint density at radius 3 is 2.04 bits per heavy atom. The van der Waals surface area contributed by atoms with Crippen molar-refractivity contribution in [1.82, 2.24) is 4.90 Å². The first-order valence-corrected chi connectivity index (χ1v) is 8.74. The first kappa shape index (κ1) is 18.9. The van der Waals surface area contributed by atoms with Crippen molar-refractivity contribution in [1.29, 1.82) is 15.8 Å². The molecule has 0 amide bonds. The average molecular weight is 368 g/mol. The van der Waals surface area contributed by atoms with Gasteiger partial charge in [0, 0.05) is 17.9 Å². The molecule has 0 atom stereocenters. The number of rotatable bonds is 3. The molecular weight excluding hydrogens is 351 g/mol. The van der Waals surface area contributed by atoms with Gasteiger partial charge in [-0.2, -0.15) is 15.8 Å². The largest absolute Gasteiger partial charge is 0.343 e. The van der Waals surface area contributed by atoms with E-state index < -0.39 is 11.7 Å². The Morgan fingerprint density at radius 1 is 0.893 bits per heavy atom. The van der Waals surface area contributed by atoms with Crippen molar-refractivity contribution in [3.05, 3.63) is 93.6 Å². The van der Waals surface area contributed by atoms with Crippen LogP contribution >= 0.6 is 0 Å². The van der Waals surface area contributed by atoms with Gasteiger partial charge in [-0.1, -0.05) is 36.4 Å². The van der Waals surface area contributed by atoms with Crippen LogP contribution in [-0.2, 0) is 6.54 Å². The highest BCUT2D eigenvalue weighted by Gasteiger charge is 2.33. The van der Waals surface area contributed by atoms with E-state index in [1.54, 1.807) is 0 Å². The fourth-order valence-corrected chi connectivity index (χ4v) is 3.54. The molecule has 0 saturated carbocycles. The van der Waals surface area contributed by atoms with Gasteiger partial charge in [-0.25, -0.2) is 4.39 Å². The van der Waals surface area contributed by atoms with Crippen molar-refractivity contribution in [2.75, 3.05) is 0 Å². The molecule has 0 radical (unpaired) electrons. The van der Waals surface area contributed by atoms with E-state index in [4.69, 9.17) is 5.26 Å². The first-order chi connectivity index (χ1) is 13.5. The summed E-state index contributed by atoms with van der Waals surface area (Å²) in [5, 5.41) is 28.8. The number of allylic oxidation sites excluding steroid dienone is 4. The maximum Gasteiger partial charge on any atom is 0.140 e. The van der Waals surface area contributed by atoms with Crippen LogP contribution in [0.25, 0.3) is 0 Å². The minimum Gasteiger partial charge on any atom is -0.343 e. The van der Waals surface area contributed by atoms with Gasteiger partial charge in [0.05, 0.1) is 34.8 Å². The zero-order valence-electron chi connectivity index (χ0n) is 15.6. The smallest absolute Gasteiger partial charge is 0.140 e. The summed E-state index contributed by atoms with van der Waals surface area (Å²) in [5.74, 6) is -1.24. The van der Waals surface area contributed by atoms with Gasteiger partial charge in [0.15, 0.2) is 0 Å². The van der Waals surface area contributed by atoms with Crippen LogP contribution in [0, 0.1) is 39.8 Å². The summed E-state index contributed by atoms with van der Waals surface area (Å²) in [6, 6.07) is 20.2. The Hall–Kier alpha value is -3.88. The summed E-state index contributed by atoms with van der Waals surface area (Å²) < 4.78 is 13.8. The van der Waals surface area contributed by atoms with Gasteiger partial charge in [-0.3, -0.25) is 0 Å². The molecule has 0 bridgehead atoms. The van der Waals surface area contributed by atoms with E-state index in [9.17, 15) is 14.9 Å². The highest BCUT2D eigenvalue weighted by Crippen LogP contribution is 2.42. The molecule has 0 unspecified atom stereocenters. The van der Waals surface area contributed by atoms with E-state index in [-0.39, 0.29) is 5.56 Å². The third-order valence-electron chi connectivity index (χ3n) is 5.04. The summed E-state index contributed by atoms with van der Waals surface area (Å²) in [7, 11) is 0. The summed E-state index contributed by atoms with van der Waals surface area (Å²) in [6.45, 7) is 4.23. The average Bonchev–Trinajstić information content (AvgIpc) is 2.72. The third kappa shape index (κ3) is 3.25. The predicted octanol–water partition coefficient (Wildman–Crippen LogP) is 4.89. The van der Waals surface area contributed by atoms with Crippen LogP contribution in [0.4, 0.5) is 4.39 Å². The van der Waals surface area contributed by atoms with Gasteiger partial charge in [0.25, 0.3) is 0 Å². The molecular formula is C23H17FN4. The van der Waals surface area contributed by atoms with Crippen LogP contribution in [0.2, 0.25) is 0 Å². The number of nitriles is 3. The number of nitrogens with zero attached hydrogens (tertiary/aromatic N) is 4. The van der Waals surface area contributed by atoms with Crippen LogP contribution in [0.5, 0.6) is 0 Å². The lowest BCUT2D eigenvalue weighted by atomic mass is 9.80. The molecule has 0 N–H and O–H groups in total. The van der Waals surface area contributed by atoms with E-state index in [0.717, 1.165) is 17.0 Å². The van der Waals surface area contributed by atoms with Crippen LogP contribution in [0.1, 0.15) is 36.5 Å². The van der Waals surface area contributed by atoms with Crippen molar-refractivity contribution >= 4 is 0 Å². The lowest BCUT2D eigenvalue weighted by Crippen LogP contribution is -2.28. The van der Waals surface area contributed by atoms with E-state index in [0.29, 0.717) is 23.3 Å². The van der Waals surface area contributed by atoms with Crippen molar-refractivity contribution in [2.45, 2.75) is 26.3 Å². The maximum absolute atomic E-state index is 13.8. The van der Waals surface area contributed by atoms with Crippen LogP contribution in [0.15, 0.2) is 71.1 Å². The van der Waals surface area contributed by atoms with E-state index in [1.807, 2.05) is 55.1 Å². The molecule has 1 heterocycles. The molecule has 0 aliphatic carbocycles. The minimum absolute atomic E-state index is 0.103. The van der Waals surface area contributed by atoms with Crippen molar-refractivity contribution in [3.63, 3.8) is 0 Å². The van der Waals surface area contributed by atoms with Crippen molar-refractivity contribution in [3.8, 4) is 18.2 Å². The molecule has 2 aromatic carbocycles. The predicted molar refractivity (Wildman–Crippen MR) is 102 cm³/mol. The van der Waals surface area contributed by atoms with Gasteiger partial charge < -0.3 is 4.90 Å². The minimum atomic E-state index is -0.619. The van der Waals surface area contributed by atoms with E-state index in [1.165, 1.54) is 18.2 Å². The molecule has 0 spiro atoms. The Kier molecular flexibility index (Phi) is 5.25. The van der Waals surface area contributed by atoms with Gasteiger partial charge in [-0.15, -0.1) is 0 Å². The molecule has 0 saturated heterocycles. The molecule has 2 aromatic rings. The Balaban J connectivity index is 2.14. The zero-order valence-corrected chi connectivity index (χ0v) is 15.6. The maximum atomic E-state index is 13.8. The van der Waals surface area contributed by atoms with E-state index in [2.05, 4.69) is 12.1 Å². The lowest BCUT2D eigenvalue weighted by Gasteiger charge is -2.35. The molecule has 0 aromatic heterocycles. The van der Waals surface area contributed by atoms with Gasteiger partial charge >= 0.3 is 0 Å². The molecule has 28 heavy (non-hydrogen) atoms. The molecule has 1 aliphatic heterocycles. The van der Waals surface area contributed by atoms with Crippen LogP contribution in [-0.4, -0.2) is 4.90 Å². The van der Waals surface area contributed by atoms with Gasteiger partial charge in [0.1, 0.15) is 11.9 Å². The normalized spacial score (nSPS) is 14.5. The SMILES string of the molecule is CC1=C(C#N)C(c2ccc(F)c(C#N)c2)C(C#N)=C(C)N1Cc1ccccc1. The Morgan fingerprint density at radius 2 is 1.50 bits per heavy atom. The van der Waals surface area contributed by atoms with Crippen molar-refractivity contribution < 1.29 is 4.39 Å². The second-order valence-electron chi connectivity index (χ2n) is 6.58. The summed E-state index contributed by atoms with van der Waals surface area (Å²) in [5.41, 5.74) is 3.86. The van der Waals surface area contributed by atoms with Gasteiger partial charge in [-0.05, 0) is 37.1 Å². The molecule has 136 valence electrons. The lowest BCUT2D eigenvalue weighted by molar-refractivity contribution is 0.400. The van der Waals surface area contributed by atoms with Gasteiger partial charge in [0.2, 0.25) is 0 Å². The molecule has 0 fully saturated rings. The third-order valence-corrected chi connectivity index (χ3v) is 5.04. The summed E-state index contributed by atoms with van der Waals surface area (Å²) >= 11 is 0. The highest BCUT2D eigenvalue weighted by atomic mass is 19.1. The second-order valence-corrected chi connectivity index (χ2v) is 6.58. The fraction of sp³-hybridized carbons (Fsp3) is 0.174. The monoisotopic (exact) mass is 368 g/mol. The second kappa shape index (κ2) is 7.78. The number of benzene rings is 2. The number of hydrogen-bond acceptors (Lipinski definition) is 4. The first-order valence-electron chi connectivity index (χ1n) is 8.74. The highest BCUT2D eigenvalue weighted by molar-refractivity contribution is 5.56. The molecule has 3 rings (SSSR count). The molecule has 5 heteroatoms. The quantitative estimate of drug-likeness (QED) is 0.773. The molecule has 1 aliphatic rings. The van der Waals surface area contributed by atoms with Crippen molar-refractivity contribution in [2.24, 2.45) is 0 Å². The fourth-order valence-electron chi connectivity index (χ4n) is 3.54. The van der Waals surface area contributed by atoms with Crippen LogP contribution in [0.3, 0.4) is 0 Å². The topological polar surface area (TPSA) is 74.6 Å². The number of hydrogen-bond donors (Lipinski definition) is 0. The Bertz CT molecular complexity index is 1070. The Labute approximate surface area is 163 Å². The number of halogens is 1. The zero-order chi connectivity index (χ0) is 20.3. The standard InChI is InChI=1S/C23H17FN4/c1-15-20(12-26)23(18-8-9-22(24)19(10-18)11-25)21(13-27)16(2)28(15)14-17-6-4-3-5-7-17/h3-10,23H,14H2,1-2H3. The summed E-state index contributed by atoms with van der Waals surface area (Å²) in [6.07, 6.45) is 0. The summed E-state index contributed by atoms with van der Waals surface area (Å²) in [4.78, 5) is 1.96. The van der Waals surface area contributed by atoms with E-state index >= 15 is 0 Å².